The van der Waals surface area contributed by atoms with Crippen molar-refractivity contribution in [3.63, 3.8) is 0 Å². The van der Waals surface area contributed by atoms with Crippen molar-refractivity contribution in [3.8, 4) is 5.75 Å². The fourth-order valence-electron chi connectivity index (χ4n) is 1.60. The Labute approximate surface area is 119 Å². The van der Waals surface area contributed by atoms with Crippen LogP contribution in [-0.4, -0.2) is 36.8 Å². The van der Waals surface area contributed by atoms with E-state index in [9.17, 15) is 9.90 Å². The average molecular weight is 278 g/mol. The first kappa shape index (κ1) is 16.2. The predicted octanol–water partition coefficient (Wildman–Crippen LogP) is 0.971. The van der Waals surface area contributed by atoms with Crippen molar-refractivity contribution in [1.82, 2.24) is 5.32 Å². The number of carbonyl (C=O) groups is 1. The smallest absolute Gasteiger partial charge is 0.237 e. The summed E-state index contributed by atoms with van der Waals surface area (Å²) in [5.74, 6) is -0.0153. The Morgan fingerprint density at radius 1 is 1.45 bits per heavy atom. The predicted molar refractivity (Wildman–Crippen MR) is 78.4 cm³/mol. The summed E-state index contributed by atoms with van der Waals surface area (Å²) in [4.78, 5) is 11.8. The molecule has 1 rings (SSSR count). The van der Waals surface area contributed by atoms with Gasteiger partial charge in [0.2, 0.25) is 5.91 Å². The first-order valence-corrected chi connectivity index (χ1v) is 6.52. The second-order valence-corrected chi connectivity index (χ2v) is 4.78. The Morgan fingerprint density at radius 3 is 2.70 bits per heavy atom. The molecule has 1 aromatic rings. The fourth-order valence-corrected chi connectivity index (χ4v) is 1.60. The molecule has 0 aliphatic heterocycles. The molecule has 1 amide bonds. The maximum absolute atomic E-state index is 11.8. The van der Waals surface area contributed by atoms with Gasteiger partial charge in [0.1, 0.15) is 5.75 Å². The molecule has 0 aromatic heterocycles. The highest BCUT2D eigenvalue weighted by Gasteiger charge is 2.13. The zero-order chi connectivity index (χ0) is 15.0. The molecule has 5 heteroatoms. The van der Waals surface area contributed by atoms with Crippen LogP contribution >= 0.6 is 0 Å². The van der Waals surface area contributed by atoms with Gasteiger partial charge in [-0.3, -0.25) is 4.79 Å². The van der Waals surface area contributed by atoms with Crippen molar-refractivity contribution < 1.29 is 14.6 Å². The van der Waals surface area contributed by atoms with Gasteiger partial charge in [-0.05, 0) is 31.0 Å². The van der Waals surface area contributed by atoms with Gasteiger partial charge in [0.25, 0.3) is 0 Å². The number of hydrogen-bond donors (Lipinski definition) is 3. The van der Waals surface area contributed by atoms with Crippen LogP contribution < -0.4 is 11.1 Å². The summed E-state index contributed by atoms with van der Waals surface area (Å²) in [7, 11) is 0. The number of carbonyl (C=O) groups excluding carboxylic acids is 1. The van der Waals surface area contributed by atoms with Gasteiger partial charge in [-0.25, -0.2) is 0 Å². The van der Waals surface area contributed by atoms with Crippen molar-refractivity contribution in [3.05, 3.63) is 42.0 Å². The van der Waals surface area contributed by atoms with Crippen molar-refractivity contribution in [1.29, 1.82) is 0 Å². The van der Waals surface area contributed by atoms with Crippen LogP contribution in [0.1, 0.15) is 12.5 Å². The summed E-state index contributed by atoms with van der Waals surface area (Å²) in [6.07, 6.45) is 0.429. The number of nitrogens with one attached hydrogen (secondary N) is 1. The average Bonchev–Trinajstić information content (AvgIpc) is 2.40. The van der Waals surface area contributed by atoms with Crippen LogP contribution in [0.4, 0.5) is 0 Å². The van der Waals surface area contributed by atoms with Crippen molar-refractivity contribution >= 4 is 5.91 Å². The standard InChI is InChI=1S/C15H22N2O3/c1-11(2)10-20-8-7-17-15(19)14(16)9-12-3-5-13(18)6-4-12/h3-6,14,18H,1,7-10,16H2,2H3,(H,17,19)/t14-/m0/s1. The quantitative estimate of drug-likeness (QED) is 0.488. The van der Waals surface area contributed by atoms with E-state index >= 15 is 0 Å². The number of phenolic OH excluding ortho intramolecular Hbond substituents is 1. The molecule has 1 atom stereocenters. The first-order valence-electron chi connectivity index (χ1n) is 6.52. The van der Waals surface area contributed by atoms with Gasteiger partial charge >= 0.3 is 0 Å². The highest BCUT2D eigenvalue weighted by atomic mass is 16.5. The monoisotopic (exact) mass is 278 g/mol. The van der Waals surface area contributed by atoms with E-state index in [-0.39, 0.29) is 11.7 Å². The Hall–Kier alpha value is -1.85. The summed E-state index contributed by atoms with van der Waals surface area (Å²) in [5.41, 5.74) is 7.67. The normalized spacial score (nSPS) is 11.9. The highest BCUT2D eigenvalue weighted by Crippen LogP contribution is 2.10. The number of ether oxygens (including phenoxy) is 1. The molecule has 0 saturated carbocycles. The molecule has 0 fully saturated rings. The third-order valence-electron chi connectivity index (χ3n) is 2.62. The minimum atomic E-state index is -0.610. The molecule has 0 radical (unpaired) electrons. The molecular formula is C15H22N2O3. The van der Waals surface area contributed by atoms with E-state index in [1.165, 1.54) is 0 Å². The van der Waals surface area contributed by atoms with E-state index in [0.29, 0.717) is 26.2 Å². The molecule has 0 heterocycles. The molecule has 0 aliphatic rings. The van der Waals surface area contributed by atoms with Gasteiger partial charge in [-0.15, -0.1) is 0 Å². The number of amides is 1. The van der Waals surface area contributed by atoms with Crippen LogP contribution in [-0.2, 0) is 16.0 Å². The Balaban J connectivity index is 2.25. The topological polar surface area (TPSA) is 84.6 Å². The van der Waals surface area contributed by atoms with Gasteiger partial charge < -0.3 is 20.9 Å². The van der Waals surface area contributed by atoms with Gasteiger partial charge in [-0.1, -0.05) is 24.3 Å². The largest absolute Gasteiger partial charge is 0.508 e. The Morgan fingerprint density at radius 2 is 2.10 bits per heavy atom. The summed E-state index contributed by atoms with van der Waals surface area (Å²) in [6.45, 7) is 6.96. The van der Waals surface area contributed by atoms with Crippen LogP contribution in [0.5, 0.6) is 5.75 Å². The zero-order valence-corrected chi connectivity index (χ0v) is 11.8. The summed E-state index contributed by atoms with van der Waals surface area (Å²) in [6, 6.07) is 6.04. The molecule has 5 nitrogen and oxygen atoms in total. The molecule has 0 bridgehead atoms. The fraction of sp³-hybridized carbons (Fsp3) is 0.400. The number of nitrogens with two attached hydrogens (primary N) is 1. The minimum Gasteiger partial charge on any atom is -0.508 e. The molecule has 0 spiro atoms. The van der Waals surface area contributed by atoms with Crippen LogP contribution in [0.2, 0.25) is 0 Å². The van der Waals surface area contributed by atoms with E-state index < -0.39 is 6.04 Å². The molecule has 0 aliphatic carbocycles. The van der Waals surface area contributed by atoms with Gasteiger partial charge in [0.15, 0.2) is 0 Å². The molecular weight excluding hydrogens is 256 g/mol. The third-order valence-corrected chi connectivity index (χ3v) is 2.62. The van der Waals surface area contributed by atoms with Crippen molar-refractivity contribution in [2.24, 2.45) is 5.73 Å². The summed E-state index contributed by atoms with van der Waals surface area (Å²) in [5, 5.41) is 11.9. The van der Waals surface area contributed by atoms with Crippen LogP contribution in [0.15, 0.2) is 36.4 Å². The number of benzene rings is 1. The number of hydrogen-bond acceptors (Lipinski definition) is 4. The first-order chi connectivity index (χ1) is 9.49. The van der Waals surface area contributed by atoms with Crippen LogP contribution in [0, 0.1) is 0 Å². The second-order valence-electron chi connectivity index (χ2n) is 4.78. The van der Waals surface area contributed by atoms with Gasteiger partial charge in [-0.2, -0.15) is 0 Å². The SMILES string of the molecule is C=C(C)COCCNC(=O)[C@@H](N)Cc1ccc(O)cc1. The molecule has 4 N–H and O–H groups in total. The van der Waals surface area contributed by atoms with E-state index in [0.717, 1.165) is 11.1 Å². The maximum Gasteiger partial charge on any atom is 0.237 e. The van der Waals surface area contributed by atoms with Gasteiger partial charge in [0.05, 0.1) is 19.3 Å². The summed E-state index contributed by atoms with van der Waals surface area (Å²) >= 11 is 0. The maximum atomic E-state index is 11.8. The third kappa shape index (κ3) is 6.36. The van der Waals surface area contributed by atoms with Crippen molar-refractivity contribution in [2.45, 2.75) is 19.4 Å². The lowest BCUT2D eigenvalue weighted by molar-refractivity contribution is -0.122. The van der Waals surface area contributed by atoms with Gasteiger partial charge in [0, 0.05) is 6.54 Å². The van der Waals surface area contributed by atoms with Crippen molar-refractivity contribution in [2.75, 3.05) is 19.8 Å². The highest BCUT2D eigenvalue weighted by molar-refractivity contribution is 5.81. The molecule has 1 aromatic carbocycles. The molecule has 110 valence electrons. The van der Waals surface area contributed by atoms with E-state index in [1.807, 2.05) is 6.92 Å². The lowest BCUT2D eigenvalue weighted by Crippen LogP contribution is -2.43. The zero-order valence-electron chi connectivity index (χ0n) is 11.8. The second kappa shape index (κ2) is 8.35. The van der Waals surface area contributed by atoms with Crippen LogP contribution in [0.25, 0.3) is 0 Å². The Bertz CT molecular complexity index is 443. The number of phenols is 1. The number of aromatic hydroxyl groups is 1. The minimum absolute atomic E-state index is 0.196. The lowest BCUT2D eigenvalue weighted by atomic mass is 10.1. The van der Waals surface area contributed by atoms with E-state index in [1.54, 1.807) is 24.3 Å². The van der Waals surface area contributed by atoms with E-state index in [4.69, 9.17) is 10.5 Å². The molecule has 20 heavy (non-hydrogen) atoms. The summed E-state index contributed by atoms with van der Waals surface area (Å²) < 4.78 is 5.27. The van der Waals surface area contributed by atoms with E-state index in [2.05, 4.69) is 11.9 Å². The molecule has 0 saturated heterocycles. The number of rotatable bonds is 8. The van der Waals surface area contributed by atoms with Crippen LogP contribution in [0.3, 0.4) is 0 Å². The Kier molecular flexibility index (Phi) is 6.76. The lowest BCUT2D eigenvalue weighted by Gasteiger charge is -2.12. The molecule has 0 unspecified atom stereocenters.